The fourth-order valence-electron chi connectivity index (χ4n) is 1.82. The predicted molar refractivity (Wildman–Crippen MR) is 76.6 cm³/mol. The Hall–Kier alpha value is -2.22. The summed E-state index contributed by atoms with van der Waals surface area (Å²) in [6, 6.07) is 6.20. The van der Waals surface area contributed by atoms with Gasteiger partial charge in [-0.2, -0.15) is 5.10 Å². The van der Waals surface area contributed by atoms with Crippen LogP contribution in [0.1, 0.15) is 23.1 Å². The Morgan fingerprint density at radius 3 is 2.76 bits per heavy atom. The standard InChI is InChI=1S/C13H16N4O3S/c1-2-21(19,20)11-6-4-3-5-10(11)13(18)14-8-7-12-15-9-16-17-12/h3-6,9H,2,7-8H2,1H3,(H,14,18)(H,15,16,17). The highest BCUT2D eigenvalue weighted by atomic mass is 32.2. The molecule has 2 N–H and O–H groups in total. The Kier molecular flexibility index (Phi) is 4.69. The molecule has 7 nitrogen and oxygen atoms in total. The molecule has 1 heterocycles. The predicted octanol–water partition coefficient (Wildman–Crippen LogP) is 0.571. The first-order valence-corrected chi connectivity index (χ1v) is 8.14. The summed E-state index contributed by atoms with van der Waals surface area (Å²) in [6.45, 7) is 1.89. The fourth-order valence-corrected chi connectivity index (χ4v) is 2.91. The second kappa shape index (κ2) is 6.49. The molecule has 8 heteroatoms. The number of rotatable bonds is 6. The molecule has 1 aromatic carbocycles. The van der Waals surface area contributed by atoms with Crippen molar-refractivity contribution < 1.29 is 13.2 Å². The first-order valence-electron chi connectivity index (χ1n) is 6.49. The molecule has 21 heavy (non-hydrogen) atoms. The normalized spacial score (nSPS) is 11.3. The van der Waals surface area contributed by atoms with Crippen molar-refractivity contribution in [2.75, 3.05) is 12.3 Å². The number of aromatic nitrogens is 3. The second-order valence-corrected chi connectivity index (χ2v) is 6.58. The lowest BCUT2D eigenvalue weighted by Gasteiger charge is -2.09. The lowest BCUT2D eigenvalue weighted by Crippen LogP contribution is -2.27. The van der Waals surface area contributed by atoms with Crippen LogP contribution in [0.5, 0.6) is 0 Å². The van der Waals surface area contributed by atoms with Gasteiger partial charge in [-0.05, 0) is 12.1 Å². The highest BCUT2D eigenvalue weighted by molar-refractivity contribution is 7.91. The molecule has 0 unspecified atom stereocenters. The van der Waals surface area contributed by atoms with Crippen molar-refractivity contribution in [2.24, 2.45) is 0 Å². The van der Waals surface area contributed by atoms with Gasteiger partial charge in [0.15, 0.2) is 9.84 Å². The van der Waals surface area contributed by atoms with E-state index in [0.29, 0.717) is 18.8 Å². The van der Waals surface area contributed by atoms with Crippen molar-refractivity contribution in [3.05, 3.63) is 42.0 Å². The monoisotopic (exact) mass is 308 g/mol. The maximum absolute atomic E-state index is 12.1. The molecule has 0 fully saturated rings. The summed E-state index contributed by atoms with van der Waals surface area (Å²) in [5, 5.41) is 9.08. The Bertz CT molecular complexity index is 711. The van der Waals surface area contributed by atoms with E-state index in [-0.39, 0.29) is 16.2 Å². The molecule has 0 saturated carbocycles. The van der Waals surface area contributed by atoms with E-state index in [1.807, 2.05) is 0 Å². The number of hydrogen-bond acceptors (Lipinski definition) is 5. The molecular formula is C13H16N4O3S. The van der Waals surface area contributed by atoms with Gasteiger partial charge in [0.2, 0.25) is 0 Å². The van der Waals surface area contributed by atoms with Crippen molar-refractivity contribution in [3.8, 4) is 0 Å². The van der Waals surface area contributed by atoms with Gasteiger partial charge in [-0.1, -0.05) is 19.1 Å². The molecule has 0 radical (unpaired) electrons. The SMILES string of the molecule is CCS(=O)(=O)c1ccccc1C(=O)NCCc1ncn[nH]1. The van der Waals surface area contributed by atoms with Crippen molar-refractivity contribution in [1.29, 1.82) is 0 Å². The van der Waals surface area contributed by atoms with Crippen LogP contribution in [0.25, 0.3) is 0 Å². The van der Waals surface area contributed by atoms with Gasteiger partial charge in [0.05, 0.1) is 16.2 Å². The van der Waals surface area contributed by atoms with Gasteiger partial charge >= 0.3 is 0 Å². The highest BCUT2D eigenvalue weighted by Gasteiger charge is 2.20. The van der Waals surface area contributed by atoms with Crippen molar-refractivity contribution in [1.82, 2.24) is 20.5 Å². The van der Waals surface area contributed by atoms with Gasteiger partial charge in [-0.3, -0.25) is 9.89 Å². The third-order valence-electron chi connectivity index (χ3n) is 2.96. The zero-order valence-corrected chi connectivity index (χ0v) is 12.4. The molecule has 0 atom stereocenters. The molecule has 0 aliphatic rings. The van der Waals surface area contributed by atoms with Gasteiger partial charge in [0.25, 0.3) is 5.91 Å². The number of nitrogens with one attached hydrogen (secondary N) is 2. The molecule has 112 valence electrons. The summed E-state index contributed by atoms with van der Waals surface area (Å²) >= 11 is 0. The van der Waals surface area contributed by atoms with E-state index in [1.54, 1.807) is 19.1 Å². The van der Waals surface area contributed by atoms with Crippen molar-refractivity contribution in [2.45, 2.75) is 18.2 Å². The van der Waals surface area contributed by atoms with E-state index < -0.39 is 15.7 Å². The maximum Gasteiger partial charge on any atom is 0.252 e. The minimum Gasteiger partial charge on any atom is -0.352 e. The van der Waals surface area contributed by atoms with Gasteiger partial charge in [-0.15, -0.1) is 0 Å². The molecule has 0 bridgehead atoms. The van der Waals surface area contributed by atoms with E-state index in [4.69, 9.17) is 0 Å². The number of aromatic amines is 1. The quantitative estimate of drug-likeness (QED) is 0.812. The third-order valence-corrected chi connectivity index (χ3v) is 4.75. The average Bonchev–Trinajstić information content (AvgIpc) is 3.00. The Balaban J connectivity index is 2.09. The van der Waals surface area contributed by atoms with Crippen LogP contribution in [0.15, 0.2) is 35.5 Å². The highest BCUT2D eigenvalue weighted by Crippen LogP contribution is 2.16. The van der Waals surface area contributed by atoms with Crippen LogP contribution >= 0.6 is 0 Å². The number of nitrogens with zero attached hydrogens (tertiary/aromatic N) is 2. The number of sulfone groups is 1. The molecule has 1 aromatic heterocycles. The van der Waals surface area contributed by atoms with Crippen LogP contribution in [0.2, 0.25) is 0 Å². The van der Waals surface area contributed by atoms with Crippen LogP contribution in [0.4, 0.5) is 0 Å². The molecule has 0 saturated heterocycles. The number of benzene rings is 1. The zero-order valence-electron chi connectivity index (χ0n) is 11.5. The maximum atomic E-state index is 12.1. The smallest absolute Gasteiger partial charge is 0.252 e. The third kappa shape index (κ3) is 3.66. The molecule has 0 aliphatic heterocycles. The van der Waals surface area contributed by atoms with Crippen molar-refractivity contribution >= 4 is 15.7 Å². The summed E-state index contributed by atoms with van der Waals surface area (Å²) in [5.74, 6) is 0.196. The molecule has 2 rings (SSSR count). The molecule has 0 spiro atoms. The van der Waals surface area contributed by atoms with Gasteiger partial charge < -0.3 is 5.32 Å². The minimum atomic E-state index is -3.43. The topological polar surface area (TPSA) is 105 Å². The summed E-state index contributed by atoms with van der Waals surface area (Å²) in [7, 11) is -3.43. The van der Waals surface area contributed by atoms with E-state index in [2.05, 4.69) is 20.5 Å². The van der Waals surface area contributed by atoms with E-state index >= 15 is 0 Å². The number of hydrogen-bond donors (Lipinski definition) is 2. The summed E-state index contributed by atoms with van der Waals surface area (Å²) < 4.78 is 24.0. The molecular weight excluding hydrogens is 292 g/mol. The van der Waals surface area contributed by atoms with E-state index in [9.17, 15) is 13.2 Å². The summed E-state index contributed by atoms with van der Waals surface area (Å²) in [4.78, 5) is 16.1. The van der Waals surface area contributed by atoms with E-state index in [1.165, 1.54) is 18.5 Å². The first-order chi connectivity index (χ1) is 10.0. The van der Waals surface area contributed by atoms with Gasteiger partial charge in [0.1, 0.15) is 12.2 Å². The minimum absolute atomic E-state index is 0.0463. The van der Waals surface area contributed by atoms with Crippen LogP contribution < -0.4 is 5.32 Å². The van der Waals surface area contributed by atoms with Crippen LogP contribution in [0.3, 0.4) is 0 Å². The molecule has 2 aromatic rings. The lowest BCUT2D eigenvalue weighted by molar-refractivity contribution is 0.0950. The second-order valence-electron chi connectivity index (χ2n) is 4.34. The molecule has 1 amide bonds. The number of amides is 1. The lowest BCUT2D eigenvalue weighted by atomic mass is 10.2. The Labute approximate surface area is 122 Å². The number of carbonyl (C=O) groups is 1. The molecule has 0 aliphatic carbocycles. The van der Waals surface area contributed by atoms with E-state index in [0.717, 1.165) is 0 Å². The Morgan fingerprint density at radius 2 is 2.10 bits per heavy atom. The fraction of sp³-hybridized carbons (Fsp3) is 0.308. The summed E-state index contributed by atoms with van der Waals surface area (Å²) in [6.07, 6.45) is 1.88. The largest absolute Gasteiger partial charge is 0.352 e. The average molecular weight is 308 g/mol. The van der Waals surface area contributed by atoms with Crippen molar-refractivity contribution in [3.63, 3.8) is 0 Å². The number of H-pyrrole nitrogens is 1. The van der Waals surface area contributed by atoms with Crippen LogP contribution in [-0.4, -0.2) is 41.8 Å². The van der Waals surface area contributed by atoms with Gasteiger partial charge in [0, 0.05) is 13.0 Å². The van der Waals surface area contributed by atoms with Gasteiger partial charge in [-0.25, -0.2) is 13.4 Å². The summed E-state index contributed by atoms with van der Waals surface area (Å²) in [5.41, 5.74) is 0.164. The first kappa shape index (κ1) is 15.2. The Morgan fingerprint density at radius 1 is 1.33 bits per heavy atom. The zero-order chi connectivity index (χ0) is 15.3. The number of carbonyl (C=O) groups excluding carboxylic acids is 1. The van der Waals surface area contributed by atoms with Crippen LogP contribution in [-0.2, 0) is 16.3 Å². The van der Waals surface area contributed by atoms with Crippen LogP contribution in [0, 0.1) is 0 Å².